The van der Waals surface area contributed by atoms with Gasteiger partial charge in [0.1, 0.15) is 0 Å². The molecule has 0 radical (unpaired) electrons. The van der Waals surface area contributed by atoms with E-state index in [9.17, 15) is 9.13 Å². The molecule has 1 unspecified atom stereocenters. The second kappa shape index (κ2) is 11.5. The molecule has 11 heteroatoms. The Morgan fingerprint density at radius 2 is 1.74 bits per heavy atom. The van der Waals surface area contributed by atoms with Crippen molar-refractivity contribution in [1.82, 2.24) is 0 Å². The molecule has 152 valence electrons. The van der Waals surface area contributed by atoms with Crippen LogP contribution in [-0.4, -0.2) is 27.8 Å². The molecule has 1 atom stereocenters. The van der Waals surface area contributed by atoms with Crippen molar-refractivity contribution >= 4 is 43.9 Å². The first-order valence-corrected chi connectivity index (χ1v) is 12.1. The SMILES string of the molecule is CC(=CCC/C(C)=C/COP(=O)(O)OP(=O)(O)O)CNc1ccc(I)cc1. The van der Waals surface area contributed by atoms with E-state index in [0.29, 0.717) is 0 Å². The molecule has 1 aromatic rings. The molecule has 0 saturated carbocycles. The van der Waals surface area contributed by atoms with Crippen molar-refractivity contribution in [3.63, 3.8) is 0 Å². The lowest BCUT2D eigenvalue weighted by Crippen LogP contribution is -2.02. The second-order valence-corrected chi connectivity index (χ2v) is 9.91. The third-order valence-electron chi connectivity index (χ3n) is 3.33. The number of rotatable bonds is 11. The summed E-state index contributed by atoms with van der Waals surface area (Å²) in [6, 6.07) is 8.12. The van der Waals surface area contributed by atoms with E-state index in [4.69, 9.17) is 14.7 Å². The minimum Gasteiger partial charge on any atom is -0.381 e. The molecule has 0 aliphatic heterocycles. The molecule has 4 N–H and O–H groups in total. The van der Waals surface area contributed by atoms with E-state index >= 15 is 0 Å². The van der Waals surface area contributed by atoms with Gasteiger partial charge in [-0.05, 0) is 73.5 Å². The average molecular weight is 531 g/mol. The van der Waals surface area contributed by atoms with Crippen LogP contribution in [0.15, 0.2) is 47.6 Å². The first-order chi connectivity index (χ1) is 12.5. The maximum atomic E-state index is 11.3. The first kappa shape index (κ1) is 24.5. The number of nitrogens with one attached hydrogen (secondary N) is 1. The van der Waals surface area contributed by atoms with Gasteiger partial charge < -0.3 is 20.0 Å². The Bertz CT molecular complexity index is 759. The summed E-state index contributed by atoms with van der Waals surface area (Å²) >= 11 is 2.26. The van der Waals surface area contributed by atoms with Gasteiger partial charge in [0.15, 0.2) is 0 Å². The highest BCUT2D eigenvalue weighted by molar-refractivity contribution is 14.1. The van der Waals surface area contributed by atoms with Gasteiger partial charge in [0.05, 0.1) is 6.61 Å². The average Bonchev–Trinajstić information content (AvgIpc) is 2.52. The van der Waals surface area contributed by atoms with E-state index in [1.165, 1.54) is 9.14 Å². The topological polar surface area (TPSA) is 125 Å². The number of phosphoric acid groups is 2. The summed E-state index contributed by atoms with van der Waals surface area (Å²) in [6.45, 7) is 4.32. The zero-order valence-electron chi connectivity index (χ0n) is 15.0. The lowest BCUT2D eigenvalue weighted by atomic mass is 10.1. The van der Waals surface area contributed by atoms with Crippen LogP contribution in [0.5, 0.6) is 0 Å². The normalized spacial score (nSPS) is 15.5. The van der Waals surface area contributed by atoms with Gasteiger partial charge in [-0.15, -0.1) is 0 Å². The number of anilines is 1. The Kier molecular flexibility index (Phi) is 10.4. The molecule has 0 aliphatic carbocycles. The fourth-order valence-electron chi connectivity index (χ4n) is 1.96. The third-order valence-corrected chi connectivity index (χ3v) is 6.20. The number of halogens is 1. The Labute approximate surface area is 172 Å². The number of benzene rings is 1. The van der Waals surface area contributed by atoms with Crippen molar-refractivity contribution in [2.75, 3.05) is 18.5 Å². The fraction of sp³-hybridized carbons (Fsp3) is 0.375. The second-order valence-electron chi connectivity index (χ2n) is 5.84. The molecule has 1 rings (SSSR count). The number of allylic oxidation sites excluding steroid dienone is 2. The van der Waals surface area contributed by atoms with Crippen LogP contribution in [0.3, 0.4) is 0 Å². The van der Waals surface area contributed by atoms with Crippen LogP contribution in [0.4, 0.5) is 5.69 Å². The highest BCUT2D eigenvalue weighted by Crippen LogP contribution is 2.57. The van der Waals surface area contributed by atoms with Gasteiger partial charge in [0.2, 0.25) is 0 Å². The minimum atomic E-state index is -5.08. The van der Waals surface area contributed by atoms with Gasteiger partial charge in [-0.25, -0.2) is 9.13 Å². The monoisotopic (exact) mass is 531 g/mol. The van der Waals surface area contributed by atoms with E-state index in [0.717, 1.165) is 30.6 Å². The number of hydrogen-bond acceptors (Lipinski definition) is 5. The molecule has 27 heavy (non-hydrogen) atoms. The molecule has 0 saturated heterocycles. The van der Waals surface area contributed by atoms with E-state index in [1.807, 2.05) is 38.1 Å². The molecule has 0 bridgehead atoms. The van der Waals surface area contributed by atoms with Gasteiger partial charge in [0, 0.05) is 15.8 Å². The molecule has 0 amide bonds. The van der Waals surface area contributed by atoms with Crippen LogP contribution in [0.25, 0.3) is 0 Å². The Hall–Kier alpha value is -0.510. The molecule has 0 heterocycles. The lowest BCUT2D eigenvalue weighted by molar-refractivity contribution is 0.191. The number of hydrogen-bond donors (Lipinski definition) is 4. The zero-order chi connectivity index (χ0) is 20.5. The Morgan fingerprint density at radius 1 is 1.11 bits per heavy atom. The molecule has 0 fully saturated rings. The Morgan fingerprint density at radius 3 is 2.33 bits per heavy atom. The van der Waals surface area contributed by atoms with Gasteiger partial charge in [-0.2, -0.15) is 4.31 Å². The Balaban J connectivity index is 2.33. The maximum Gasteiger partial charge on any atom is 0.481 e. The summed E-state index contributed by atoms with van der Waals surface area (Å²) in [4.78, 5) is 26.2. The predicted molar refractivity (Wildman–Crippen MR) is 113 cm³/mol. The highest BCUT2D eigenvalue weighted by Gasteiger charge is 2.31. The maximum absolute atomic E-state index is 11.3. The summed E-state index contributed by atoms with van der Waals surface area (Å²) in [5, 5.41) is 3.34. The van der Waals surface area contributed by atoms with Crippen molar-refractivity contribution in [3.05, 3.63) is 51.1 Å². The van der Waals surface area contributed by atoms with Gasteiger partial charge in [0.25, 0.3) is 0 Å². The van der Waals surface area contributed by atoms with Crippen molar-refractivity contribution in [2.24, 2.45) is 0 Å². The van der Waals surface area contributed by atoms with E-state index < -0.39 is 15.6 Å². The predicted octanol–water partition coefficient (Wildman–Crippen LogP) is 4.60. The summed E-state index contributed by atoms with van der Waals surface area (Å²) < 4.78 is 31.2. The molecular weight excluding hydrogens is 507 g/mol. The minimum absolute atomic E-state index is 0.281. The van der Waals surface area contributed by atoms with Crippen LogP contribution >= 0.6 is 38.2 Å². The molecule has 0 spiro atoms. The van der Waals surface area contributed by atoms with Gasteiger partial charge >= 0.3 is 15.6 Å². The standard InChI is InChI=1S/C16H24INO7P2/c1-13(10-11-24-27(22,23)25-26(19,20)21)4-3-5-14(2)12-18-16-8-6-15(17)7-9-16/h5-10,18H,3-4,11-12H2,1-2H3,(H,22,23)(H2,19,20,21)/b13-10+,14-5?. The third kappa shape index (κ3) is 12.5. The summed E-state index contributed by atoms with van der Waals surface area (Å²) in [5.41, 5.74) is 3.16. The van der Waals surface area contributed by atoms with Crippen molar-refractivity contribution in [1.29, 1.82) is 0 Å². The molecule has 1 aromatic carbocycles. The first-order valence-electron chi connectivity index (χ1n) is 8.02. The van der Waals surface area contributed by atoms with Gasteiger partial charge in [-0.3, -0.25) is 4.52 Å². The van der Waals surface area contributed by atoms with Crippen molar-refractivity contribution in [2.45, 2.75) is 26.7 Å². The molecular formula is C16H24INO7P2. The molecule has 0 aromatic heterocycles. The fourth-order valence-corrected chi connectivity index (χ4v) is 3.85. The van der Waals surface area contributed by atoms with E-state index in [1.54, 1.807) is 6.08 Å². The summed E-state index contributed by atoms with van der Waals surface area (Å²) in [6.07, 6.45) is 5.18. The largest absolute Gasteiger partial charge is 0.481 e. The van der Waals surface area contributed by atoms with Crippen LogP contribution in [0.2, 0.25) is 0 Å². The lowest BCUT2D eigenvalue weighted by Gasteiger charge is -2.11. The van der Waals surface area contributed by atoms with E-state index in [-0.39, 0.29) is 6.61 Å². The van der Waals surface area contributed by atoms with Crippen molar-refractivity contribution in [3.8, 4) is 0 Å². The van der Waals surface area contributed by atoms with Crippen LogP contribution < -0.4 is 5.32 Å². The van der Waals surface area contributed by atoms with Crippen LogP contribution in [0.1, 0.15) is 26.7 Å². The summed E-state index contributed by atoms with van der Waals surface area (Å²) in [7, 11) is -9.87. The number of phosphoric ester groups is 1. The van der Waals surface area contributed by atoms with Crippen molar-refractivity contribution < 1.29 is 32.6 Å². The van der Waals surface area contributed by atoms with E-state index in [2.05, 4.69) is 42.8 Å². The van der Waals surface area contributed by atoms with Gasteiger partial charge in [-0.1, -0.05) is 23.3 Å². The van der Waals surface area contributed by atoms with Crippen LogP contribution in [-0.2, 0) is 18.0 Å². The quantitative estimate of drug-likeness (QED) is 0.186. The zero-order valence-corrected chi connectivity index (χ0v) is 19.0. The highest BCUT2D eigenvalue weighted by atomic mass is 127. The van der Waals surface area contributed by atoms with Crippen LogP contribution in [0, 0.1) is 3.57 Å². The smallest absolute Gasteiger partial charge is 0.381 e. The molecule has 8 nitrogen and oxygen atoms in total. The summed E-state index contributed by atoms with van der Waals surface area (Å²) in [5.74, 6) is 0. The molecule has 0 aliphatic rings.